The van der Waals surface area contributed by atoms with E-state index in [0.29, 0.717) is 17.8 Å². The van der Waals surface area contributed by atoms with Gasteiger partial charge in [-0.1, -0.05) is 17.3 Å². The molecule has 4 aromatic rings. The number of pyridine rings is 1. The van der Waals surface area contributed by atoms with Gasteiger partial charge in [0, 0.05) is 23.5 Å². The van der Waals surface area contributed by atoms with E-state index in [-0.39, 0.29) is 18.1 Å². The van der Waals surface area contributed by atoms with E-state index in [0.717, 1.165) is 41.4 Å². The second kappa shape index (κ2) is 8.38. The van der Waals surface area contributed by atoms with Gasteiger partial charge in [-0.15, -0.1) is 5.10 Å². The van der Waals surface area contributed by atoms with Gasteiger partial charge in [0.25, 0.3) is 0 Å². The van der Waals surface area contributed by atoms with Crippen LogP contribution in [-0.2, 0) is 11.3 Å². The lowest BCUT2D eigenvalue weighted by molar-refractivity contribution is 0.0505. The number of aromatic nitrogens is 6. The second-order valence-corrected chi connectivity index (χ2v) is 9.57. The third kappa shape index (κ3) is 4.76. The van der Waals surface area contributed by atoms with Crippen LogP contribution in [0.15, 0.2) is 42.7 Å². The Morgan fingerprint density at radius 3 is 2.94 bits per heavy atom. The molecule has 0 spiro atoms. The van der Waals surface area contributed by atoms with Gasteiger partial charge in [-0.05, 0) is 63.8 Å². The number of nitrogens with zero attached hydrogens (tertiary/aromatic N) is 6. The summed E-state index contributed by atoms with van der Waals surface area (Å²) in [5.41, 5.74) is 3.65. The van der Waals surface area contributed by atoms with Crippen molar-refractivity contribution in [2.24, 2.45) is 0 Å². The Morgan fingerprint density at radius 2 is 2.09 bits per heavy atom. The van der Waals surface area contributed by atoms with Crippen LogP contribution in [-0.4, -0.2) is 47.7 Å². The van der Waals surface area contributed by atoms with Crippen LogP contribution in [0, 0.1) is 0 Å². The van der Waals surface area contributed by atoms with E-state index < -0.39 is 5.60 Å². The molecule has 1 aliphatic rings. The van der Waals surface area contributed by atoms with Gasteiger partial charge in [0.05, 0.1) is 24.0 Å². The Morgan fingerprint density at radius 1 is 1.21 bits per heavy atom. The van der Waals surface area contributed by atoms with Crippen LogP contribution in [0.5, 0.6) is 0 Å². The van der Waals surface area contributed by atoms with E-state index in [4.69, 9.17) is 9.72 Å². The highest BCUT2D eigenvalue weighted by Gasteiger charge is 2.30. The van der Waals surface area contributed by atoms with Crippen molar-refractivity contribution >= 4 is 28.3 Å². The SMILES string of the molecule is CC(C)(C)OC(=O)N[C@@H]1CCC(c2cnc3nnn(Cc4ccc5ncccc5c4)c3n2)C1. The van der Waals surface area contributed by atoms with Gasteiger partial charge >= 0.3 is 6.09 Å². The summed E-state index contributed by atoms with van der Waals surface area (Å²) in [7, 11) is 0. The molecule has 1 N–H and O–H groups in total. The number of carbonyl (C=O) groups is 1. The Labute approximate surface area is 191 Å². The number of rotatable bonds is 4. The lowest BCUT2D eigenvalue weighted by atomic mass is 10.0. The standard InChI is InChI=1S/C24H27N7O2/c1-24(2,3)33-23(32)27-18-8-7-17(12-18)20-13-26-21-22(28-20)31(30-29-21)14-15-6-9-19-16(11-15)5-4-10-25-19/h4-6,9-11,13,17-18H,7-8,12,14H2,1-3H3,(H,27,32)/t17?,18-/m1/s1. The molecule has 3 aromatic heterocycles. The number of hydrogen-bond acceptors (Lipinski definition) is 7. The first-order valence-electron chi connectivity index (χ1n) is 11.2. The maximum Gasteiger partial charge on any atom is 0.407 e. The Kier molecular flexibility index (Phi) is 5.39. The Balaban J connectivity index is 1.31. The first kappa shape index (κ1) is 21.2. The Hall–Kier alpha value is -3.62. The van der Waals surface area contributed by atoms with Gasteiger partial charge in [-0.2, -0.15) is 0 Å². The molecular weight excluding hydrogens is 418 g/mol. The van der Waals surface area contributed by atoms with E-state index in [1.807, 2.05) is 45.0 Å². The smallest absolute Gasteiger partial charge is 0.407 e. The maximum absolute atomic E-state index is 12.1. The number of alkyl carbamates (subject to hydrolysis) is 1. The number of ether oxygens (including phenoxy) is 1. The third-order valence-electron chi connectivity index (χ3n) is 5.82. The highest BCUT2D eigenvalue weighted by molar-refractivity contribution is 5.79. The summed E-state index contributed by atoms with van der Waals surface area (Å²) >= 11 is 0. The fourth-order valence-electron chi connectivity index (χ4n) is 4.32. The van der Waals surface area contributed by atoms with Gasteiger partial charge in [0.1, 0.15) is 5.60 Å². The van der Waals surface area contributed by atoms with Gasteiger partial charge in [0.2, 0.25) is 5.65 Å². The summed E-state index contributed by atoms with van der Waals surface area (Å²) in [6, 6.07) is 10.2. The summed E-state index contributed by atoms with van der Waals surface area (Å²) in [6.07, 6.45) is 5.82. The molecule has 0 bridgehead atoms. The van der Waals surface area contributed by atoms with Crippen molar-refractivity contribution in [2.45, 2.75) is 64.1 Å². The highest BCUT2D eigenvalue weighted by Crippen LogP contribution is 2.34. The number of benzene rings is 1. The van der Waals surface area contributed by atoms with E-state index in [1.54, 1.807) is 17.1 Å². The van der Waals surface area contributed by atoms with Crippen molar-refractivity contribution in [3.05, 3.63) is 54.0 Å². The van der Waals surface area contributed by atoms with Crippen LogP contribution in [0.4, 0.5) is 4.79 Å². The molecule has 2 atom stereocenters. The number of carbonyl (C=O) groups excluding carboxylic acids is 1. The predicted molar refractivity (Wildman–Crippen MR) is 124 cm³/mol. The van der Waals surface area contributed by atoms with Crippen molar-refractivity contribution < 1.29 is 9.53 Å². The molecule has 9 nitrogen and oxygen atoms in total. The minimum Gasteiger partial charge on any atom is -0.444 e. The monoisotopic (exact) mass is 445 g/mol. The topological polar surface area (TPSA) is 108 Å². The quantitative estimate of drug-likeness (QED) is 0.506. The molecule has 9 heteroatoms. The third-order valence-corrected chi connectivity index (χ3v) is 5.82. The average molecular weight is 446 g/mol. The maximum atomic E-state index is 12.1. The number of hydrogen-bond donors (Lipinski definition) is 1. The molecule has 1 aromatic carbocycles. The molecular formula is C24H27N7O2. The van der Waals surface area contributed by atoms with Gasteiger partial charge < -0.3 is 10.1 Å². The van der Waals surface area contributed by atoms with Gasteiger partial charge in [0.15, 0.2) is 5.65 Å². The molecule has 1 aliphatic carbocycles. The van der Waals surface area contributed by atoms with Crippen LogP contribution >= 0.6 is 0 Å². The molecule has 0 aliphatic heterocycles. The number of nitrogens with one attached hydrogen (secondary N) is 1. The lowest BCUT2D eigenvalue weighted by Gasteiger charge is -2.21. The summed E-state index contributed by atoms with van der Waals surface area (Å²) in [5, 5.41) is 12.5. The van der Waals surface area contributed by atoms with Crippen molar-refractivity contribution in [3.63, 3.8) is 0 Å². The highest BCUT2D eigenvalue weighted by atomic mass is 16.6. The summed E-state index contributed by atoms with van der Waals surface area (Å²) in [6.45, 7) is 6.13. The predicted octanol–water partition coefficient (Wildman–Crippen LogP) is 3.98. The van der Waals surface area contributed by atoms with Gasteiger partial charge in [-0.25, -0.2) is 19.4 Å². The first-order chi connectivity index (χ1) is 15.8. The molecule has 1 fully saturated rings. The zero-order chi connectivity index (χ0) is 23.0. The molecule has 1 saturated carbocycles. The molecule has 1 unspecified atom stereocenters. The molecule has 1 amide bonds. The number of amides is 1. The molecule has 170 valence electrons. The van der Waals surface area contributed by atoms with E-state index in [1.165, 1.54) is 0 Å². The minimum atomic E-state index is -0.508. The Bertz CT molecular complexity index is 1310. The van der Waals surface area contributed by atoms with E-state index in [9.17, 15) is 4.79 Å². The fraction of sp³-hybridized carbons (Fsp3) is 0.417. The minimum absolute atomic E-state index is 0.0663. The molecule has 3 heterocycles. The van der Waals surface area contributed by atoms with E-state index in [2.05, 4.69) is 31.7 Å². The normalized spacial score (nSPS) is 18.6. The van der Waals surface area contributed by atoms with Crippen LogP contribution < -0.4 is 5.32 Å². The van der Waals surface area contributed by atoms with Crippen LogP contribution in [0.2, 0.25) is 0 Å². The molecule has 33 heavy (non-hydrogen) atoms. The van der Waals surface area contributed by atoms with Crippen molar-refractivity contribution in [2.75, 3.05) is 0 Å². The van der Waals surface area contributed by atoms with Crippen molar-refractivity contribution in [1.82, 2.24) is 35.3 Å². The first-order valence-corrected chi connectivity index (χ1v) is 11.2. The molecule has 0 saturated heterocycles. The lowest BCUT2D eigenvalue weighted by Crippen LogP contribution is -2.37. The summed E-state index contributed by atoms with van der Waals surface area (Å²) < 4.78 is 7.17. The average Bonchev–Trinajstić information content (AvgIpc) is 3.39. The largest absolute Gasteiger partial charge is 0.444 e. The number of fused-ring (bicyclic) bond motifs is 2. The van der Waals surface area contributed by atoms with Crippen molar-refractivity contribution in [1.29, 1.82) is 0 Å². The van der Waals surface area contributed by atoms with Crippen LogP contribution in [0.1, 0.15) is 57.2 Å². The zero-order valence-corrected chi connectivity index (χ0v) is 19.0. The van der Waals surface area contributed by atoms with Gasteiger partial charge in [-0.3, -0.25) is 4.98 Å². The van der Waals surface area contributed by atoms with Crippen LogP contribution in [0.3, 0.4) is 0 Å². The summed E-state index contributed by atoms with van der Waals surface area (Å²) in [5.74, 6) is 0.219. The van der Waals surface area contributed by atoms with Crippen molar-refractivity contribution in [3.8, 4) is 0 Å². The second-order valence-electron chi connectivity index (χ2n) is 9.57. The van der Waals surface area contributed by atoms with Crippen LogP contribution in [0.25, 0.3) is 22.2 Å². The molecule has 0 radical (unpaired) electrons. The zero-order valence-electron chi connectivity index (χ0n) is 19.0. The fourth-order valence-corrected chi connectivity index (χ4v) is 4.32. The van der Waals surface area contributed by atoms with E-state index >= 15 is 0 Å². The summed E-state index contributed by atoms with van der Waals surface area (Å²) in [4.78, 5) is 25.8. The molecule has 5 rings (SSSR count).